The first-order valence-electron chi connectivity index (χ1n) is 11.5. The molecule has 2 aromatic rings. The van der Waals surface area contributed by atoms with Gasteiger partial charge < -0.3 is 29.4 Å². The second-order valence-electron chi connectivity index (χ2n) is 7.66. The number of carboxylic acid groups (broad SMARTS) is 1. The van der Waals surface area contributed by atoms with Crippen LogP contribution in [0.5, 0.6) is 0 Å². The van der Waals surface area contributed by atoms with E-state index in [9.17, 15) is 9.59 Å². The van der Waals surface area contributed by atoms with Crippen molar-refractivity contribution in [1.29, 1.82) is 0 Å². The molecule has 0 unspecified atom stereocenters. The molecule has 1 aromatic heterocycles. The molecule has 0 radical (unpaired) electrons. The maximum Gasteiger partial charge on any atom is 0.305 e. The lowest BCUT2D eigenvalue weighted by molar-refractivity contribution is -0.138. The average Bonchev–Trinajstić information content (AvgIpc) is 3.13. The number of amides is 1. The first-order valence-corrected chi connectivity index (χ1v) is 12.3. The molecular formula is C24H35N3O7S. The second kappa shape index (κ2) is 16.2. The molecule has 194 valence electrons. The third-order valence-electron chi connectivity index (χ3n) is 4.88. The van der Waals surface area contributed by atoms with Gasteiger partial charge in [0.1, 0.15) is 0 Å². The Kier molecular flexibility index (Phi) is 13.2. The number of hydrogen-bond donors (Lipinski definition) is 3. The molecule has 1 amide bonds. The van der Waals surface area contributed by atoms with Crippen molar-refractivity contribution in [1.82, 2.24) is 4.98 Å². The number of rotatable bonds is 18. The van der Waals surface area contributed by atoms with Gasteiger partial charge in [-0.1, -0.05) is 6.07 Å². The quantitative estimate of drug-likeness (QED) is 0.259. The Balaban J connectivity index is 1.53. The predicted octanol–water partition coefficient (Wildman–Crippen LogP) is 3.27. The number of anilines is 2. The number of hydrogen-bond acceptors (Lipinski definition) is 9. The van der Waals surface area contributed by atoms with Crippen molar-refractivity contribution >= 4 is 34.0 Å². The third-order valence-corrected chi connectivity index (χ3v) is 5.87. The van der Waals surface area contributed by atoms with Crippen LogP contribution in [0.4, 0.5) is 10.8 Å². The molecule has 10 nitrogen and oxygen atoms in total. The lowest BCUT2D eigenvalue weighted by atomic mass is 10.1. The number of carbonyl (C=O) groups is 2. The fourth-order valence-corrected chi connectivity index (χ4v) is 3.67. The lowest BCUT2D eigenvalue weighted by Crippen LogP contribution is -2.16. The summed E-state index contributed by atoms with van der Waals surface area (Å²) in [5.74, 6) is -1.05. The monoisotopic (exact) mass is 509 g/mol. The maximum atomic E-state index is 12.7. The summed E-state index contributed by atoms with van der Waals surface area (Å²) in [5, 5.41) is 15.2. The van der Waals surface area contributed by atoms with Crippen molar-refractivity contribution in [3.8, 4) is 0 Å². The highest BCUT2D eigenvalue weighted by molar-refractivity contribution is 7.15. The Morgan fingerprint density at radius 3 is 2.09 bits per heavy atom. The molecule has 0 saturated heterocycles. The first-order chi connectivity index (χ1) is 16.9. The molecule has 3 N–H and O–H groups in total. The number of carbonyl (C=O) groups excluding carboxylic acids is 1. The highest BCUT2D eigenvalue weighted by Crippen LogP contribution is 2.23. The van der Waals surface area contributed by atoms with Crippen LogP contribution in [-0.2, 0) is 23.7 Å². The summed E-state index contributed by atoms with van der Waals surface area (Å²) in [5.41, 5.74) is 3.26. The normalized spacial score (nSPS) is 10.9. The molecule has 35 heavy (non-hydrogen) atoms. The molecule has 0 aliphatic heterocycles. The molecule has 1 aromatic carbocycles. The highest BCUT2D eigenvalue weighted by atomic mass is 32.1. The van der Waals surface area contributed by atoms with E-state index in [0.29, 0.717) is 63.5 Å². The predicted molar refractivity (Wildman–Crippen MR) is 135 cm³/mol. The topological polar surface area (TPSA) is 128 Å². The fraction of sp³-hybridized carbons (Fsp3) is 0.542. The van der Waals surface area contributed by atoms with E-state index in [1.54, 1.807) is 0 Å². The van der Waals surface area contributed by atoms with Crippen LogP contribution in [0.2, 0.25) is 0 Å². The summed E-state index contributed by atoms with van der Waals surface area (Å²) in [6.07, 6.45) is -0.00470. The van der Waals surface area contributed by atoms with Gasteiger partial charge in [0.15, 0.2) is 5.13 Å². The minimum Gasteiger partial charge on any atom is -0.481 e. The van der Waals surface area contributed by atoms with E-state index in [1.165, 1.54) is 11.3 Å². The number of ether oxygens (including phenoxy) is 4. The van der Waals surface area contributed by atoms with Crippen LogP contribution in [0.3, 0.4) is 0 Å². The minimum absolute atomic E-state index is 0.00470. The summed E-state index contributed by atoms with van der Waals surface area (Å²) in [7, 11) is 0. The Hall–Kier alpha value is -2.57. The van der Waals surface area contributed by atoms with Gasteiger partial charge in [-0.3, -0.25) is 14.9 Å². The third kappa shape index (κ3) is 11.6. The van der Waals surface area contributed by atoms with Crippen molar-refractivity contribution in [2.45, 2.75) is 27.2 Å². The van der Waals surface area contributed by atoms with E-state index in [2.05, 4.69) is 15.6 Å². The zero-order chi connectivity index (χ0) is 25.5. The van der Waals surface area contributed by atoms with E-state index in [1.807, 2.05) is 39.0 Å². The van der Waals surface area contributed by atoms with Gasteiger partial charge in [0.25, 0.3) is 5.91 Å². The molecule has 0 aliphatic rings. The summed E-state index contributed by atoms with van der Waals surface area (Å²) >= 11 is 1.47. The summed E-state index contributed by atoms with van der Waals surface area (Å²) in [6.45, 7) is 9.68. The van der Waals surface area contributed by atoms with Gasteiger partial charge in [-0.25, -0.2) is 4.98 Å². The molecule has 0 aliphatic carbocycles. The number of aryl methyl sites for hydroxylation is 3. The molecule has 11 heteroatoms. The van der Waals surface area contributed by atoms with Gasteiger partial charge in [-0.2, -0.15) is 0 Å². The maximum absolute atomic E-state index is 12.7. The van der Waals surface area contributed by atoms with Crippen LogP contribution in [0.1, 0.15) is 32.9 Å². The lowest BCUT2D eigenvalue weighted by Gasteiger charge is -2.11. The Morgan fingerprint density at radius 2 is 1.51 bits per heavy atom. The Labute approximate surface area is 209 Å². The van der Waals surface area contributed by atoms with Gasteiger partial charge >= 0.3 is 5.97 Å². The number of benzene rings is 1. The van der Waals surface area contributed by atoms with Gasteiger partial charge in [-0.05, 0) is 38.5 Å². The van der Waals surface area contributed by atoms with Crippen molar-refractivity contribution in [2.24, 2.45) is 0 Å². The Morgan fingerprint density at radius 1 is 0.914 bits per heavy atom. The number of thiazole rings is 1. The molecule has 2 rings (SSSR count). The van der Waals surface area contributed by atoms with Crippen LogP contribution >= 0.6 is 11.3 Å². The highest BCUT2D eigenvalue weighted by Gasteiger charge is 2.13. The number of nitrogens with one attached hydrogen (secondary N) is 2. The SMILES string of the molecule is Cc1ccc(NCCOCCOCCOCCOCCC(=O)O)cc1C(=O)Nc1nc(C)c(C)s1. The second-order valence-corrected chi connectivity index (χ2v) is 8.87. The number of carboxylic acids is 1. The molecule has 0 spiro atoms. The molecule has 0 fully saturated rings. The zero-order valence-electron chi connectivity index (χ0n) is 20.6. The smallest absolute Gasteiger partial charge is 0.305 e. The molecule has 1 heterocycles. The fourth-order valence-electron chi connectivity index (χ4n) is 2.86. The van der Waals surface area contributed by atoms with Crippen molar-refractivity contribution in [3.63, 3.8) is 0 Å². The summed E-state index contributed by atoms with van der Waals surface area (Å²) < 4.78 is 21.4. The van der Waals surface area contributed by atoms with Gasteiger partial charge in [0.2, 0.25) is 0 Å². The van der Waals surface area contributed by atoms with E-state index in [0.717, 1.165) is 21.8 Å². The largest absolute Gasteiger partial charge is 0.481 e. The molecule has 0 atom stereocenters. The van der Waals surface area contributed by atoms with Gasteiger partial charge in [-0.15, -0.1) is 11.3 Å². The summed E-state index contributed by atoms with van der Waals surface area (Å²) in [4.78, 5) is 28.5. The van der Waals surface area contributed by atoms with Crippen LogP contribution in [0.25, 0.3) is 0 Å². The van der Waals surface area contributed by atoms with Gasteiger partial charge in [0.05, 0.1) is 65.0 Å². The molecule has 0 bridgehead atoms. The summed E-state index contributed by atoms with van der Waals surface area (Å²) in [6, 6.07) is 5.68. The number of aromatic nitrogens is 1. The van der Waals surface area contributed by atoms with Crippen molar-refractivity contribution in [3.05, 3.63) is 39.9 Å². The van der Waals surface area contributed by atoms with E-state index >= 15 is 0 Å². The standard InChI is InChI=1S/C24H35N3O7S/c1-17-4-5-20(16-21(17)23(30)27-24-26-18(2)19(3)35-24)25-7-9-32-11-13-34-15-14-33-12-10-31-8-6-22(28)29/h4-5,16,25H,6-15H2,1-3H3,(H,28,29)(H,26,27,30). The molecular weight excluding hydrogens is 474 g/mol. The van der Waals surface area contributed by atoms with Crippen molar-refractivity contribution < 1.29 is 33.6 Å². The van der Waals surface area contributed by atoms with Crippen LogP contribution < -0.4 is 10.6 Å². The first kappa shape index (κ1) is 28.7. The van der Waals surface area contributed by atoms with Crippen LogP contribution in [0.15, 0.2) is 18.2 Å². The van der Waals surface area contributed by atoms with E-state index in [4.69, 9.17) is 24.1 Å². The van der Waals surface area contributed by atoms with Crippen LogP contribution in [0, 0.1) is 20.8 Å². The van der Waals surface area contributed by atoms with Crippen molar-refractivity contribution in [2.75, 3.05) is 70.0 Å². The van der Waals surface area contributed by atoms with E-state index < -0.39 is 5.97 Å². The number of nitrogens with zero attached hydrogens (tertiary/aromatic N) is 1. The average molecular weight is 510 g/mol. The minimum atomic E-state index is -0.876. The Bertz CT molecular complexity index is 916. The van der Waals surface area contributed by atoms with E-state index in [-0.39, 0.29) is 18.9 Å². The zero-order valence-corrected chi connectivity index (χ0v) is 21.4. The molecule has 0 saturated carbocycles. The van der Waals surface area contributed by atoms with Crippen LogP contribution in [-0.4, -0.2) is 81.4 Å². The van der Waals surface area contributed by atoms with Gasteiger partial charge in [0, 0.05) is 22.7 Å². The number of aliphatic carboxylic acids is 1.